The molecule has 1 amide bonds. The number of nitrogens with zero attached hydrogens (tertiary/aromatic N) is 1. The fourth-order valence-electron chi connectivity index (χ4n) is 2.06. The van der Waals surface area contributed by atoms with Gasteiger partial charge in [-0.2, -0.15) is 5.26 Å². The molecule has 2 aliphatic rings. The summed E-state index contributed by atoms with van der Waals surface area (Å²) in [6, 6.07) is 2.37. The summed E-state index contributed by atoms with van der Waals surface area (Å²) in [5.74, 6) is 0.290. The molecule has 0 radical (unpaired) electrons. The Morgan fingerprint density at radius 1 is 1.43 bits per heavy atom. The predicted octanol–water partition coefficient (Wildman–Crippen LogP) is 0.0143. The molecule has 1 aliphatic carbocycles. The molecule has 2 atom stereocenters. The van der Waals surface area contributed by atoms with Crippen molar-refractivity contribution >= 4 is 5.91 Å². The molecule has 14 heavy (non-hydrogen) atoms. The van der Waals surface area contributed by atoms with Gasteiger partial charge in [-0.15, -0.1) is 0 Å². The smallest absolute Gasteiger partial charge is 0.225 e. The van der Waals surface area contributed by atoms with Crippen LogP contribution in [0.4, 0.5) is 0 Å². The highest BCUT2D eigenvalue weighted by Gasteiger charge is 2.32. The minimum absolute atomic E-state index is 0.0342. The van der Waals surface area contributed by atoms with Gasteiger partial charge in [0.25, 0.3) is 0 Å². The number of rotatable bonds is 2. The third kappa shape index (κ3) is 1.73. The van der Waals surface area contributed by atoms with Crippen LogP contribution in [0.1, 0.15) is 19.3 Å². The lowest BCUT2D eigenvalue weighted by Gasteiger charge is -2.28. The van der Waals surface area contributed by atoms with Crippen LogP contribution in [0.25, 0.3) is 0 Å². The summed E-state index contributed by atoms with van der Waals surface area (Å²) in [6.07, 6.45) is 2.96. The lowest BCUT2D eigenvalue weighted by molar-refractivity contribution is -0.127. The molecule has 2 unspecified atom stereocenters. The second-order valence-corrected chi connectivity index (χ2v) is 4.14. The quantitative estimate of drug-likeness (QED) is 0.649. The Morgan fingerprint density at radius 2 is 2.21 bits per heavy atom. The third-order valence-corrected chi connectivity index (χ3v) is 3.16. The van der Waals surface area contributed by atoms with Crippen LogP contribution in [0.3, 0.4) is 0 Å². The van der Waals surface area contributed by atoms with Gasteiger partial charge in [0.05, 0.1) is 17.9 Å². The molecule has 76 valence electrons. The molecule has 0 aromatic rings. The maximum Gasteiger partial charge on any atom is 0.225 e. The topological polar surface area (TPSA) is 64.9 Å². The Hall–Kier alpha value is -1.08. The van der Waals surface area contributed by atoms with Crippen molar-refractivity contribution in [2.75, 3.05) is 13.1 Å². The second kappa shape index (κ2) is 3.97. The van der Waals surface area contributed by atoms with Gasteiger partial charge in [0.15, 0.2) is 0 Å². The van der Waals surface area contributed by atoms with Crippen molar-refractivity contribution in [1.82, 2.24) is 10.6 Å². The van der Waals surface area contributed by atoms with Gasteiger partial charge < -0.3 is 10.6 Å². The van der Waals surface area contributed by atoms with Crippen molar-refractivity contribution in [3.8, 4) is 6.07 Å². The van der Waals surface area contributed by atoms with E-state index in [4.69, 9.17) is 5.26 Å². The summed E-state index contributed by atoms with van der Waals surface area (Å²) >= 11 is 0. The first kappa shape index (κ1) is 9.47. The molecular formula is C10H15N3O. The summed E-state index contributed by atoms with van der Waals surface area (Å²) in [5, 5.41) is 14.9. The normalized spacial score (nSPS) is 31.9. The van der Waals surface area contributed by atoms with Gasteiger partial charge in [0.2, 0.25) is 5.91 Å². The van der Waals surface area contributed by atoms with E-state index in [1.807, 2.05) is 0 Å². The highest BCUT2D eigenvalue weighted by molar-refractivity contribution is 5.80. The van der Waals surface area contributed by atoms with Crippen molar-refractivity contribution in [2.45, 2.75) is 25.3 Å². The lowest BCUT2D eigenvalue weighted by Crippen LogP contribution is -2.53. The highest BCUT2D eigenvalue weighted by Crippen LogP contribution is 2.25. The number of carbonyl (C=O) groups is 1. The van der Waals surface area contributed by atoms with Crippen LogP contribution in [0, 0.1) is 23.2 Å². The molecule has 1 saturated carbocycles. The Kier molecular flexibility index (Phi) is 2.69. The average molecular weight is 193 g/mol. The van der Waals surface area contributed by atoms with Crippen LogP contribution >= 0.6 is 0 Å². The van der Waals surface area contributed by atoms with E-state index in [2.05, 4.69) is 16.7 Å². The van der Waals surface area contributed by atoms with Crippen LogP contribution in [-0.2, 0) is 4.79 Å². The minimum Gasteiger partial charge on any atom is -0.352 e. The van der Waals surface area contributed by atoms with E-state index >= 15 is 0 Å². The molecule has 0 spiro atoms. The zero-order chi connectivity index (χ0) is 9.97. The zero-order valence-electron chi connectivity index (χ0n) is 8.12. The van der Waals surface area contributed by atoms with Crippen LogP contribution in [0.2, 0.25) is 0 Å². The molecule has 1 heterocycles. The van der Waals surface area contributed by atoms with Crippen LogP contribution < -0.4 is 10.6 Å². The lowest BCUT2D eigenvalue weighted by atomic mass is 10.00. The van der Waals surface area contributed by atoms with Crippen molar-refractivity contribution in [2.24, 2.45) is 11.8 Å². The van der Waals surface area contributed by atoms with E-state index in [1.54, 1.807) is 0 Å². The molecular weight excluding hydrogens is 178 g/mol. The average Bonchev–Trinajstić information content (AvgIpc) is 2.48. The Morgan fingerprint density at radius 3 is 2.79 bits per heavy atom. The molecule has 4 heteroatoms. The molecule has 2 N–H and O–H groups in total. The second-order valence-electron chi connectivity index (χ2n) is 4.14. The first-order valence-electron chi connectivity index (χ1n) is 5.22. The molecule has 2 rings (SSSR count). The van der Waals surface area contributed by atoms with Gasteiger partial charge in [0, 0.05) is 19.1 Å². The third-order valence-electron chi connectivity index (χ3n) is 3.16. The molecule has 0 aromatic heterocycles. The molecule has 1 saturated heterocycles. The maximum atomic E-state index is 11.6. The predicted molar refractivity (Wildman–Crippen MR) is 51.2 cm³/mol. The molecule has 4 nitrogen and oxygen atoms in total. The van der Waals surface area contributed by atoms with Gasteiger partial charge in [-0.05, 0) is 19.3 Å². The van der Waals surface area contributed by atoms with E-state index in [0.29, 0.717) is 0 Å². The number of amides is 1. The van der Waals surface area contributed by atoms with E-state index < -0.39 is 0 Å². The monoisotopic (exact) mass is 193 g/mol. The molecule has 0 aromatic carbocycles. The number of hydrogen-bond acceptors (Lipinski definition) is 3. The largest absolute Gasteiger partial charge is 0.352 e. The van der Waals surface area contributed by atoms with E-state index in [-0.39, 0.29) is 23.8 Å². The van der Waals surface area contributed by atoms with Crippen molar-refractivity contribution in [3.05, 3.63) is 0 Å². The first-order valence-corrected chi connectivity index (χ1v) is 5.22. The van der Waals surface area contributed by atoms with E-state index in [1.165, 1.54) is 0 Å². The van der Waals surface area contributed by atoms with Gasteiger partial charge >= 0.3 is 0 Å². The SMILES string of the molecule is N#CC1CCCC1NC(=O)C1CNC1. The summed E-state index contributed by atoms with van der Waals surface area (Å²) in [7, 11) is 0. The minimum atomic E-state index is 0.0342. The van der Waals surface area contributed by atoms with Crippen molar-refractivity contribution in [1.29, 1.82) is 5.26 Å². The van der Waals surface area contributed by atoms with E-state index in [9.17, 15) is 4.79 Å². The Balaban J connectivity index is 1.84. The zero-order valence-corrected chi connectivity index (χ0v) is 8.12. The maximum absolute atomic E-state index is 11.6. The molecule has 1 aliphatic heterocycles. The summed E-state index contributed by atoms with van der Waals surface area (Å²) in [4.78, 5) is 11.6. The summed E-state index contributed by atoms with van der Waals surface area (Å²) in [6.45, 7) is 1.57. The van der Waals surface area contributed by atoms with Gasteiger partial charge in [0.1, 0.15) is 0 Å². The van der Waals surface area contributed by atoms with Crippen LogP contribution in [-0.4, -0.2) is 25.0 Å². The number of nitriles is 1. The summed E-state index contributed by atoms with van der Waals surface area (Å²) < 4.78 is 0. The number of hydrogen-bond donors (Lipinski definition) is 2. The Labute approximate surface area is 83.7 Å². The van der Waals surface area contributed by atoms with Crippen molar-refractivity contribution in [3.63, 3.8) is 0 Å². The van der Waals surface area contributed by atoms with Gasteiger partial charge in [-0.3, -0.25) is 4.79 Å². The Bertz CT molecular complexity index is 267. The fourth-order valence-corrected chi connectivity index (χ4v) is 2.06. The standard InChI is InChI=1S/C10H15N3O/c11-4-7-2-1-3-9(7)13-10(14)8-5-12-6-8/h7-9,12H,1-3,5-6H2,(H,13,14). The number of nitrogens with one attached hydrogen (secondary N) is 2. The number of carbonyl (C=O) groups excluding carboxylic acids is 1. The van der Waals surface area contributed by atoms with Crippen LogP contribution in [0.15, 0.2) is 0 Å². The van der Waals surface area contributed by atoms with Gasteiger partial charge in [-0.25, -0.2) is 0 Å². The van der Waals surface area contributed by atoms with Crippen LogP contribution in [0.5, 0.6) is 0 Å². The summed E-state index contributed by atoms with van der Waals surface area (Å²) in [5.41, 5.74) is 0. The van der Waals surface area contributed by atoms with Crippen molar-refractivity contribution < 1.29 is 4.79 Å². The highest BCUT2D eigenvalue weighted by atomic mass is 16.2. The molecule has 2 fully saturated rings. The fraction of sp³-hybridized carbons (Fsp3) is 0.800. The first-order chi connectivity index (χ1) is 6.81. The van der Waals surface area contributed by atoms with E-state index in [0.717, 1.165) is 32.4 Å². The van der Waals surface area contributed by atoms with Gasteiger partial charge in [-0.1, -0.05) is 0 Å². The molecule has 0 bridgehead atoms.